The van der Waals surface area contributed by atoms with Crippen molar-refractivity contribution in [1.29, 1.82) is 0 Å². The van der Waals surface area contributed by atoms with E-state index in [0.717, 1.165) is 40.6 Å². The van der Waals surface area contributed by atoms with Crippen molar-refractivity contribution < 1.29 is 9.18 Å². The molecule has 0 spiro atoms. The predicted octanol–water partition coefficient (Wildman–Crippen LogP) is 4.10. The number of fused-ring (bicyclic) bond motifs is 1. The summed E-state index contributed by atoms with van der Waals surface area (Å²) < 4.78 is 14.7. The molecule has 0 N–H and O–H groups in total. The maximum atomic E-state index is 14.7. The Morgan fingerprint density at radius 2 is 2.00 bits per heavy atom. The fraction of sp³-hybridized carbons (Fsp3) is 0.259. The van der Waals surface area contributed by atoms with Crippen LogP contribution in [0.1, 0.15) is 33.6 Å². The number of hydrogen-bond donors (Lipinski definition) is 0. The van der Waals surface area contributed by atoms with Crippen LogP contribution < -0.4 is 0 Å². The summed E-state index contributed by atoms with van der Waals surface area (Å²) in [5.41, 5.74) is 2.88. The zero-order valence-electron chi connectivity index (χ0n) is 19.1. The lowest BCUT2D eigenvalue weighted by Crippen LogP contribution is -2.36. The molecule has 0 saturated carbocycles. The number of carbonyl (C=O) groups is 1. The van der Waals surface area contributed by atoms with Crippen LogP contribution in [-0.2, 0) is 13.0 Å². The van der Waals surface area contributed by atoms with Crippen molar-refractivity contribution in [1.82, 2.24) is 25.0 Å². The molecule has 4 aromatic rings. The van der Waals surface area contributed by atoms with Gasteiger partial charge in [0.15, 0.2) is 0 Å². The number of aromatic nitrogens is 3. The topological polar surface area (TPSA) is 62.2 Å². The highest BCUT2D eigenvalue weighted by Crippen LogP contribution is 2.23. The van der Waals surface area contributed by atoms with Gasteiger partial charge in [0.1, 0.15) is 5.82 Å². The van der Waals surface area contributed by atoms with Gasteiger partial charge in [-0.25, -0.2) is 4.39 Å². The van der Waals surface area contributed by atoms with Gasteiger partial charge in [-0.3, -0.25) is 14.7 Å². The van der Waals surface area contributed by atoms with Gasteiger partial charge in [0.25, 0.3) is 5.91 Å². The quantitative estimate of drug-likeness (QED) is 0.438. The van der Waals surface area contributed by atoms with E-state index in [1.165, 1.54) is 6.07 Å². The van der Waals surface area contributed by atoms with Gasteiger partial charge in [-0.2, -0.15) is 10.2 Å². The number of amides is 1. The van der Waals surface area contributed by atoms with Gasteiger partial charge < -0.3 is 4.90 Å². The summed E-state index contributed by atoms with van der Waals surface area (Å²) in [5, 5.41) is 10.4. The summed E-state index contributed by atoms with van der Waals surface area (Å²) in [6, 6.07) is 16.9. The van der Waals surface area contributed by atoms with Gasteiger partial charge in [-0.15, -0.1) is 0 Å². The monoisotopic (exact) mass is 455 g/mol. The third kappa shape index (κ3) is 4.65. The fourth-order valence-electron chi connectivity index (χ4n) is 4.62. The van der Waals surface area contributed by atoms with Crippen LogP contribution in [0.3, 0.4) is 0 Å². The number of likely N-dealkylation sites (tertiary alicyclic amines) is 1. The maximum Gasteiger partial charge on any atom is 0.256 e. The first-order chi connectivity index (χ1) is 16.6. The minimum atomic E-state index is -0.495. The Morgan fingerprint density at radius 1 is 1.12 bits per heavy atom. The SMILES string of the molecule is CN(Cc1cccnc1)[C@H]1CCN(C(=O)c2cc(Cc3nncc4ccccc34)ccc2F)C1. The van der Waals surface area contributed by atoms with Crippen LogP contribution in [0.25, 0.3) is 10.8 Å². The van der Waals surface area contributed by atoms with E-state index in [1.54, 1.807) is 29.4 Å². The van der Waals surface area contributed by atoms with Crippen LogP contribution in [0, 0.1) is 5.82 Å². The van der Waals surface area contributed by atoms with E-state index in [-0.39, 0.29) is 17.5 Å². The molecule has 6 nitrogen and oxygen atoms in total. The molecule has 1 amide bonds. The van der Waals surface area contributed by atoms with Crippen molar-refractivity contribution in [3.63, 3.8) is 0 Å². The normalized spacial score (nSPS) is 15.9. The summed E-state index contributed by atoms with van der Waals surface area (Å²) >= 11 is 0. The minimum absolute atomic E-state index is 0.112. The second-order valence-electron chi connectivity index (χ2n) is 8.84. The Bertz CT molecular complexity index is 1310. The summed E-state index contributed by atoms with van der Waals surface area (Å²) in [6.07, 6.45) is 6.68. The largest absolute Gasteiger partial charge is 0.337 e. The van der Waals surface area contributed by atoms with E-state index < -0.39 is 5.82 Å². The molecule has 0 unspecified atom stereocenters. The van der Waals surface area contributed by atoms with Crippen LogP contribution in [0.2, 0.25) is 0 Å². The molecule has 0 radical (unpaired) electrons. The van der Waals surface area contributed by atoms with Crippen LogP contribution in [0.5, 0.6) is 0 Å². The number of pyridine rings is 1. The molecule has 2 aromatic carbocycles. The van der Waals surface area contributed by atoms with Crippen molar-refractivity contribution in [3.8, 4) is 0 Å². The number of hydrogen-bond acceptors (Lipinski definition) is 5. The van der Waals surface area contributed by atoms with Gasteiger partial charge >= 0.3 is 0 Å². The number of nitrogens with zero attached hydrogens (tertiary/aromatic N) is 5. The van der Waals surface area contributed by atoms with Crippen molar-refractivity contribution in [3.05, 3.63) is 101 Å². The predicted molar refractivity (Wildman–Crippen MR) is 129 cm³/mol. The number of likely N-dealkylation sites (N-methyl/N-ethyl adjacent to an activating group) is 1. The van der Waals surface area contributed by atoms with E-state index in [0.29, 0.717) is 19.5 Å². The van der Waals surface area contributed by atoms with Crippen molar-refractivity contribution in [2.75, 3.05) is 20.1 Å². The van der Waals surface area contributed by atoms with Crippen molar-refractivity contribution in [2.45, 2.75) is 25.4 Å². The number of halogens is 1. The molecule has 7 heteroatoms. The van der Waals surface area contributed by atoms with Gasteiger partial charge in [-0.05, 0) is 42.8 Å². The molecule has 1 aliphatic rings. The number of benzene rings is 2. The molecule has 1 saturated heterocycles. The lowest BCUT2D eigenvalue weighted by atomic mass is 10.0. The average Bonchev–Trinajstić information content (AvgIpc) is 3.36. The van der Waals surface area contributed by atoms with E-state index in [9.17, 15) is 9.18 Å². The molecule has 0 bridgehead atoms. The Balaban J connectivity index is 1.30. The van der Waals surface area contributed by atoms with Crippen molar-refractivity contribution >= 4 is 16.7 Å². The summed E-state index contributed by atoms with van der Waals surface area (Å²) in [7, 11) is 2.05. The molecular formula is C27H26FN5O. The average molecular weight is 456 g/mol. The Kier molecular flexibility index (Phi) is 6.27. The molecule has 1 atom stereocenters. The first-order valence-corrected chi connectivity index (χ1v) is 11.4. The van der Waals surface area contributed by atoms with Gasteiger partial charge in [0, 0.05) is 55.3 Å². The molecule has 0 aliphatic carbocycles. The molecule has 5 rings (SSSR count). The lowest BCUT2D eigenvalue weighted by Gasteiger charge is -2.24. The van der Waals surface area contributed by atoms with Gasteiger partial charge in [0.05, 0.1) is 17.5 Å². The third-order valence-electron chi connectivity index (χ3n) is 6.51. The zero-order chi connectivity index (χ0) is 23.5. The molecule has 172 valence electrons. The molecule has 1 fully saturated rings. The van der Waals surface area contributed by atoms with E-state index >= 15 is 0 Å². The van der Waals surface area contributed by atoms with E-state index in [2.05, 4.69) is 27.1 Å². The molecule has 3 heterocycles. The second kappa shape index (κ2) is 9.65. The number of carbonyl (C=O) groups excluding carboxylic acids is 1. The first kappa shape index (κ1) is 22.1. The smallest absolute Gasteiger partial charge is 0.256 e. The first-order valence-electron chi connectivity index (χ1n) is 11.4. The van der Waals surface area contributed by atoms with Crippen LogP contribution >= 0.6 is 0 Å². The second-order valence-corrected chi connectivity index (χ2v) is 8.84. The minimum Gasteiger partial charge on any atom is -0.337 e. The zero-order valence-corrected chi connectivity index (χ0v) is 19.1. The Labute approximate surface area is 198 Å². The molecular weight excluding hydrogens is 429 g/mol. The standard InChI is InChI=1S/C27H26FN5O/c1-32(17-20-5-4-11-29-15-20)22-10-12-33(18-22)27(34)24-13-19(8-9-25(24)28)14-26-23-7-3-2-6-21(23)16-30-31-26/h2-9,11,13,15-16,22H,10,12,14,17-18H2,1H3/t22-/m0/s1. The van der Waals surface area contributed by atoms with Crippen LogP contribution in [0.15, 0.2) is 73.2 Å². The maximum absolute atomic E-state index is 14.7. The number of rotatable bonds is 6. The van der Waals surface area contributed by atoms with Crippen LogP contribution in [-0.4, -0.2) is 57.1 Å². The van der Waals surface area contributed by atoms with Crippen molar-refractivity contribution in [2.24, 2.45) is 0 Å². The summed E-state index contributed by atoms with van der Waals surface area (Å²) in [4.78, 5) is 21.4. The highest BCUT2D eigenvalue weighted by atomic mass is 19.1. The Hall–Kier alpha value is -3.71. The molecule has 34 heavy (non-hydrogen) atoms. The highest BCUT2D eigenvalue weighted by molar-refractivity contribution is 5.95. The van der Waals surface area contributed by atoms with Gasteiger partial charge in [-0.1, -0.05) is 36.4 Å². The molecule has 2 aromatic heterocycles. The summed E-state index contributed by atoms with van der Waals surface area (Å²) in [5.74, 6) is -0.759. The van der Waals surface area contributed by atoms with E-state index in [1.807, 2.05) is 42.6 Å². The third-order valence-corrected chi connectivity index (χ3v) is 6.51. The lowest BCUT2D eigenvalue weighted by molar-refractivity contribution is 0.0775. The molecule has 1 aliphatic heterocycles. The highest BCUT2D eigenvalue weighted by Gasteiger charge is 2.30. The fourth-order valence-corrected chi connectivity index (χ4v) is 4.62. The Morgan fingerprint density at radius 3 is 2.85 bits per heavy atom. The van der Waals surface area contributed by atoms with Gasteiger partial charge in [0.2, 0.25) is 0 Å². The van der Waals surface area contributed by atoms with E-state index in [4.69, 9.17) is 0 Å². The summed E-state index contributed by atoms with van der Waals surface area (Å²) in [6.45, 7) is 1.95. The van der Waals surface area contributed by atoms with Crippen LogP contribution in [0.4, 0.5) is 4.39 Å².